The topological polar surface area (TPSA) is 41.3 Å². The van der Waals surface area contributed by atoms with Gasteiger partial charge in [0.1, 0.15) is 6.10 Å². The van der Waals surface area contributed by atoms with Crippen LogP contribution in [0.2, 0.25) is 0 Å². The Balaban J connectivity index is 2.39. The lowest BCUT2D eigenvalue weighted by molar-refractivity contribution is -0.0317. The first kappa shape index (κ1) is 17.0. The van der Waals surface area contributed by atoms with Crippen LogP contribution in [0.3, 0.4) is 0 Å². The number of nitrogens with zero attached hydrogens (tertiary/aromatic N) is 3. The number of hydrogen-bond acceptors (Lipinski definition) is 3. The summed E-state index contributed by atoms with van der Waals surface area (Å²) in [4.78, 5) is 2.44. The van der Waals surface area contributed by atoms with Gasteiger partial charge in [0, 0.05) is 6.54 Å². The van der Waals surface area contributed by atoms with Gasteiger partial charge in [-0.3, -0.25) is 9.58 Å². The molecule has 0 spiro atoms. The molecule has 1 heterocycles. The summed E-state index contributed by atoms with van der Waals surface area (Å²) < 4.78 is 2.90. The number of halogens is 1. The van der Waals surface area contributed by atoms with E-state index in [-0.39, 0.29) is 5.54 Å². The molecule has 1 aromatic heterocycles. The standard InChI is InChI=1S/C16H28BrN3O/c1-4-11-20-14(13(17)12-18-20)15(21)16(9-7-8-10-16)19(5-2)6-3/h12,15,21H,4-11H2,1-3H3. The van der Waals surface area contributed by atoms with E-state index in [1.807, 2.05) is 10.9 Å². The van der Waals surface area contributed by atoms with Crippen molar-refractivity contribution in [2.24, 2.45) is 0 Å². The minimum atomic E-state index is -0.483. The summed E-state index contributed by atoms with van der Waals surface area (Å²) in [6.07, 6.45) is 6.90. The fourth-order valence-corrected chi connectivity index (χ4v) is 4.40. The monoisotopic (exact) mass is 357 g/mol. The molecule has 21 heavy (non-hydrogen) atoms. The van der Waals surface area contributed by atoms with Crippen molar-refractivity contribution in [3.8, 4) is 0 Å². The number of aryl methyl sites for hydroxylation is 1. The number of rotatable bonds is 7. The highest BCUT2D eigenvalue weighted by Gasteiger charge is 2.46. The first-order chi connectivity index (χ1) is 10.1. The maximum Gasteiger partial charge on any atom is 0.115 e. The van der Waals surface area contributed by atoms with Gasteiger partial charge in [0.15, 0.2) is 0 Å². The van der Waals surface area contributed by atoms with E-state index in [1.165, 1.54) is 12.8 Å². The Morgan fingerprint density at radius 3 is 2.48 bits per heavy atom. The Kier molecular flexibility index (Phi) is 5.86. The number of likely N-dealkylation sites (N-methyl/N-ethyl adjacent to an activating group) is 1. The fourth-order valence-electron chi connectivity index (χ4n) is 3.89. The molecule has 1 aromatic rings. The zero-order valence-corrected chi connectivity index (χ0v) is 15.1. The Morgan fingerprint density at radius 1 is 1.33 bits per heavy atom. The van der Waals surface area contributed by atoms with Crippen molar-refractivity contribution < 1.29 is 5.11 Å². The van der Waals surface area contributed by atoms with Crippen LogP contribution in [0.1, 0.15) is 64.7 Å². The van der Waals surface area contributed by atoms with Gasteiger partial charge in [-0.1, -0.05) is 33.6 Å². The maximum absolute atomic E-state index is 11.2. The number of aliphatic hydroxyl groups is 1. The van der Waals surface area contributed by atoms with E-state index < -0.39 is 6.10 Å². The third-order valence-corrected chi connectivity index (χ3v) is 5.51. The molecule has 0 aliphatic heterocycles. The van der Waals surface area contributed by atoms with Crippen LogP contribution in [0.5, 0.6) is 0 Å². The second kappa shape index (κ2) is 7.25. The van der Waals surface area contributed by atoms with Crippen LogP contribution in [0.25, 0.3) is 0 Å². The van der Waals surface area contributed by atoms with Crippen LogP contribution in [0.15, 0.2) is 10.7 Å². The first-order valence-electron chi connectivity index (χ1n) is 8.25. The van der Waals surface area contributed by atoms with Crippen molar-refractivity contribution in [1.29, 1.82) is 0 Å². The molecular weight excluding hydrogens is 330 g/mol. The van der Waals surface area contributed by atoms with Crippen molar-refractivity contribution in [1.82, 2.24) is 14.7 Å². The maximum atomic E-state index is 11.2. The van der Waals surface area contributed by atoms with Crippen LogP contribution in [0, 0.1) is 0 Å². The van der Waals surface area contributed by atoms with E-state index in [9.17, 15) is 5.11 Å². The van der Waals surface area contributed by atoms with E-state index in [0.29, 0.717) is 0 Å². The molecule has 1 aliphatic rings. The van der Waals surface area contributed by atoms with Gasteiger partial charge in [-0.05, 0) is 48.3 Å². The molecule has 120 valence electrons. The van der Waals surface area contributed by atoms with Gasteiger partial charge < -0.3 is 5.11 Å². The van der Waals surface area contributed by atoms with Gasteiger partial charge in [-0.2, -0.15) is 5.10 Å². The third-order valence-electron chi connectivity index (χ3n) is 4.90. The lowest BCUT2D eigenvalue weighted by atomic mass is 9.86. The molecule has 1 N–H and O–H groups in total. The highest BCUT2D eigenvalue weighted by molar-refractivity contribution is 9.10. The van der Waals surface area contributed by atoms with Crippen LogP contribution in [-0.4, -0.2) is 38.4 Å². The molecule has 1 atom stereocenters. The Morgan fingerprint density at radius 2 is 1.95 bits per heavy atom. The third kappa shape index (κ3) is 3.06. The molecule has 1 aliphatic carbocycles. The van der Waals surface area contributed by atoms with E-state index >= 15 is 0 Å². The Labute approximate surface area is 136 Å². The van der Waals surface area contributed by atoms with Crippen LogP contribution >= 0.6 is 15.9 Å². The second-order valence-corrected chi connectivity index (χ2v) is 6.84. The summed E-state index contributed by atoms with van der Waals surface area (Å²) in [5.74, 6) is 0. The smallest absolute Gasteiger partial charge is 0.115 e. The van der Waals surface area contributed by atoms with Crippen LogP contribution in [-0.2, 0) is 6.54 Å². The highest BCUT2D eigenvalue weighted by atomic mass is 79.9. The molecule has 4 nitrogen and oxygen atoms in total. The molecule has 0 bridgehead atoms. The predicted octanol–water partition coefficient (Wildman–Crippen LogP) is 3.74. The lowest BCUT2D eigenvalue weighted by Gasteiger charge is -2.44. The van der Waals surface area contributed by atoms with E-state index in [0.717, 1.165) is 49.1 Å². The SMILES string of the molecule is CCCn1ncc(Br)c1C(O)C1(N(CC)CC)CCCC1. The van der Waals surface area contributed by atoms with Crippen molar-refractivity contribution in [3.63, 3.8) is 0 Å². The summed E-state index contributed by atoms with van der Waals surface area (Å²) >= 11 is 3.59. The predicted molar refractivity (Wildman–Crippen MR) is 89.3 cm³/mol. The molecule has 5 heteroatoms. The Hall–Kier alpha value is -0.390. The van der Waals surface area contributed by atoms with Crippen molar-refractivity contribution in [3.05, 3.63) is 16.4 Å². The number of hydrogen-bond donors (Lipinski definition) is 1. The van der Waals surface area contributed by atoms with E-state index in [4.69, 9.17) is 0 Å². The van der Waals surface area contributed by atoms with Gasteiger partial charge in [-0.15, -0.1) is 0 Å². The van der Waals surface area contributed by atoms with Gasteiger partial charge in [-0.25, -0.2) is 0 Å². The summed E-state index contributed by atoms with van der Waals surface area (Å²) in [5.41, 5.74) is 0.822. The van der Waals surface area contributed by atoms with Crippen molar-refractivity contribution in [2.45, 2.75) is 71.1 Å². The molecule has 1 saturated carbocycles. The van der Waals surface area contributed by atoms with Crippen LogP contribution < -0.4 is 0 Å². The summed E-state index contributed by atoms with van der Waals surface area (Å²) in [6.45, 7) is 9.33. The average molecular weight is 358 g/mol. The quantitative estimate of drug-likeness (QED) is 0.807. The largest absolute Gasteiger partial charge is 0.385 e. The first-order valence-corrected chi connectivity index (χ1v) is 9.04. The zero-order chi connectivity index (χ0) is 15.5. The summed E-state index contributed by atoms with van der Waals surface area (Å²) in [7, 11) is 0. The van der Waals surface area contributed by atoms with Crippen LogP contribution in [0.4, 0.5) is 0 Å². The molecule has 0 radical (unpaired) electrons. The van der Waals surface area contributed by atoms with Crippen molar-refractivity contribution >= 4 is 15.9 Å². The second-order valence-electron chi connectivity index (χ2n) is 5.99. The van der Waals surface area contributed by atoms with Gasteiger partial charge >= 0.3 is 0 Å². The molecule has 1 fully saturated rings. The van der Waals surface area contributed by atoms with Crippen molar-refractivity contribution in [2.75, 3.05) is 13.1 Å². The lowest BCUT2D eigenvalue weighted by Crippen LogP contribution is -2.51. The van der Waals surface area contributed by atoms with E-state index in [2.05, 4.69) is 46.7 Å². The van der Waals surface area contributed by atoms with Gasteiger partial charge in [0.05, 0.1) is 21.9 Å². The molecule has 0 aromatic carbocycles. The molecule has 0 amide bonds. The number of aromatic nitrogens is 2. The summed E-state index contributed by atoms with van der Waals surface area (Å²) in [5, 5.41) is 15.7. The average Bonchev–Trinajstić information content (AvgIpc) is 3.09. The minimum absolute atomic E-state index is 0.127. The van der Waals surface area contributed by atoms with Gasteiger partial charge in [0.25, 0.3) is 0 Å². The Bertz CT molecular complexity index is 450. The minimum Gasteiger partial charge on any atom is -0.385 e. The fraction of sp³-hybridized carbons (Fsp3) is 0.812. The van der Waals surface area contributed by atoms with Gasteiger partial charge in [0.2, 0.25) is 0 Å². The zero-order valence-electron chi connectivity index (χ0n) is 13.5. The molecule has 1 unspecified atom stereocenters. The molecule has 0 saturated heterocycles. The van der Waals surface area contributed by atoms with E-state index in [1.54, 1.807) is 0 Å². The molecule has 2 rings (SSSR count). The normalized spacial score (nSPS) is 19.3. The highest BCUT2D eigenvalue weighted by Crippen LogP contribution is 2.45. The number of aliphatic hydroxyl groups excluding tert-OH is 1. The summed E-state index contributed by atoms with van der Waals surface area (Å²) in [6, 6.07) is 0. The molecular formula is C16H28BrN3O.